The molecule has 3 N–H and O–H groups in total. The second-order valence-corrected chi connectivity index (χ2v) is 6.71. The van der Waals surface area contributed by atoms with E-state index in [0.29, 0.717) is 13.1 Å². The SMILES string of the molecule is Cl.N[C@@H]1CN(C(=O)CNC(=O)c2ccccc2C(F)(F)F)C[C@H]1c1ccccc1. The van der Waals surface area contributed by atoms with E-state index >= 15 is 0 Å². The van der Waals surface area contributed by atoms with E-state index in [1.165, 1.54) is 17.0 Å². The van der Waals surface area contributed by atoms with Gasteiger partial charge in [0, 0.05) is 25.0 Å². The molecule has 1 aliphatic heterocycles. The van der Waals surface area contributed by atoms with Gasteiger partial charge >= 0.3 is 6.18 Å². The fourth-order valence-corrected chi connectivity index (χ4v) is 3.38. The fourth-order valence-electron chi connectivity index (χ4n) is 3.38. The van der Waals surface area contributed by atoms with Crippen molar-refractivity contribution in [2.75, 3.05) is 19.6 Å². The molecule has 5 nitrogen and oxygen atoms in total. The first-order chi connectivity index (χ1) is 13.3. The molecule has 1 saturated heterocycles. The molecule has 156 valence electrons. The van der Waals surface area contributed by atoms with Crippen LogP contribution in [-0.4, -0.2) is 42.4 Å². The summed E-state index contributed by atoms with van der Waals surface area (Å²) in [5.41, 5.74) is 5.62. The minimum atomic E-state index is -4.65. The van der Waals surface area contributed by atoms with E-state index in [2.05, 4.69) is 5.32 Å². The number of likely N-dealkylation sites (tertiary alicyclic amines) is 1. The Kier molecular flexibility index (Phi) is 7.26. The van der Waals surface area contributed by atoms with Gasteiger partial charge in [0.15, 0.2) is 0 Å². The topological polar surface area (TPSA) is 75.4 Å². The van der Waals surface area contributed by atoms with Gasteiger partial charge in [0.05, 0.1) is 17.7 Å². The predicted octanol–water partition coefficient (Wildman–Crippen LogP) is 2.81. The number of hydrogen-bond acceptors (Lipinski definition) is 3. The zero-order valence-electron chi connectivity index (χ0n) is 15.4. The molecule has 2 aromatic rings. The highest BCUT2D eigenvalue weighted by atomic mass is 35.5. The molecule has 1 fully saturated rings. The van der Waals surface area contributed by atoms with Gasteiger partial charge in [-0.1, -0.05) is 42.5 Å². The minimum absolute atomic E-state index is 0. The van der Waals surface area contributed by atoms with Crippen molar-refractivity contribution in [1.29, 1.82) is 0 Å². The maximum Gasteiger partial charge on any atom is 0.417 e. The standard InChI is InChI=1S/C20H20F3N3O2.ClH/c21-20(22,23)16-9-5-4-8-14(16)19(28)25-10-18(27)26-11-15(17(24)12-26)13-6-2-1-3-7-13;/h1-9,15,17H,10-12,24H2,(H,25,28);1H/t15-,17+;/m0./s1. The summed E-state index contributed by atoms with van der Waals surface area (Å²) in [4.78, 5) is 26.1. The Morgan fingerprint density at radius 1 is 1.03 bits per heavy atom. The first-order valence-electron chi connectivity index (χ1n) is 8.80. The van der Waals surface area contributed by atoms with E-state index < -0.39 is 23.2 Å². The van der Waals surface area contributed by atoms with E-state index in [0.717, 1.165) is 17.7 Å². The van der Waals surface area contributed by atoms with Gasteiger partial charge in [-0.25, -0.2) is 0 Å². The highest BCUT2D eigenvalue weighted by Crippen LogP contribution is 2.31. The molecular formula is C20H21ClF3N3O2. The molecule has 29 heavy (non-hydrogen) atoms. The number of hydrogen-bond donors (Lipinski definition) is 2. The van der Waals surface area contributed by atoms with Crippen LogP contribution in [0.5, 0.6) is 0 Å². The van der Waals surface area contributed by atoms with Crippen LogP contribution in [0.15, 0.2) is 54.6 Å². The van der Waals surface area contributed by atoms with E-state index in [1.807, 2.05) is 30.3 Å². The molecule has 2 aromatic carbocycles. The number of nitrogens with zero attached hydrogens (tertiary/aromatic N) is 1. The second kappa shape index (κ2) is 9.28. The molecule has 9 heteroatoms. The number of nitrogens with one attached hydrogen (secondary N) is 1. The van der Waals surface area contributed by atoms with Crippen LogP contribution in [0.25, 0.3) is 0 Å². The minimum Gasteiger partial charge on any atom is -0.343 e. The van der Waals surface area contributed by atoms with Crippen molar-refractivity contribution in [3.63, 3.8) is 0 Å². The third-order valence-electron chi connectivity index (χ3n) is 4.82. The third-order valence-corrected chi connectivity index (χ3v) is 4.82. The zero-order chi connectivity index (χ0) is 20.3. The number of carbonyl (C=O) groups excluding carboxylic acids is 2. The van der Waals surface area contributed by atoms with Crippen molar-refractivity contribution < 1.29 is 22.8 Å². The molecule has 0 bridgehead atoms. The molecule has 0 aromatic heterocycles. The summed E-state index contributed by atoms with van der Waals surface area (Å²) in [6.45, 7) is 0.339. The molecule has 0 saturated carbocycles. The van der Waals surface area contributed by atoms with Gasteiger partial charge in [0.25, 0.3) is 5.91 Å². The fraction of sp³-hybridized carbons (Fsp3) is 0.300. The van der Waals surface area contributed by atoms with Crippen LogP contribution in [-0.2, 0) is 11.0 Å². The normalized spacial score (nSPS) is 18.8. The number of rotatable bonds is 4. The summed E-state index contributed by atoms with van der Waals surface area (Å²) in [6, 6.07) is 13.8. The number of amides is 2. The summed E-state index contributed by atoms with van der Waals surface area (Å²) in [5, 5.41) is 2.29. The lowest BCUT2D eigenvalue weighted by molar-refractivity contribution is -0.137. The molecule has 0 spiro atoms. The number of nitrogens with two attached hydrogens (primary N) is 1. The second-order valence-electron chi connectivity index (χ2n) is 6.71. The number of alkyl halides is 3. The molecule has 1 heterocycles. The molecule has 1 aliphatic rings. The summed E-state index contributed by atoms with van der Waals surface area (Å²) >= 11 is 0. The Morgan fingerprint density at radius 2 is 1.66 bits per heavy atom. The van der Waals surface area contributed by atoms with Crippen LogP contribution in [0.2, 0.25) is 0 Å². The Bertz CT molecular complexity index is 862. The van der Waals surface area contributed by atoms with Crippen LogP contribution < -0.4 is 11.1 Å². The largest absolute Gasteiger partial charge is 0.417 e. The van der Waals surface area contributed by atoms with Gasteiger partial charge in [-0.15, -0.1) is 12.4 Å². The van der Waals surface area contributed by atoms with E-state index in [9.17, 15) is 22.8 Å². The third kappa shape index (κ3) is 5.27. The van der Waals surface area contributed by atoms with E-state index in [1.54, 1.807) is 0 Å². The molecule has 0 aliphatic carbocycles. The summed E-state index contributed by atoms with van der Waals surface area (Å²) in [7, 11) is 0. The van der Waals surface area contributed by atoms with Gasteiger partial charge in [0.1, 0.15) is 0 Å². The molecule has 3 rings (SSSR count). The van der Waals surface area contributed by atoms with Gasteiger partial charge in [-0.3, -0.25) is 9.59 Å². The molecular weight excluding hydrogens is 407 g/mol. The van der Waals surface area contributed by atoms with Crippen molar-refractivity contribution in [3.8, 4) is 0 Å². The monoisotopic (exact) mass is 427 g/mol. The Hall–Kier alpha value is -2.58. The van der Waals surface area contributed by atoms with Gasteiger partial charge < -0.3 is 16.0 Å². The van der Waals surface area contributed by atoms with Crippen molar-refractivity contribution in [1.82, 2.24) is 10.2 Å². The number of carbonyl (C=O) groups is 2. The van der Waals surface area contributed by atoms with Crippen LogP contribution in [0.3, 0.4) is 0 Å². The number of benzene rings is 2. The van der Waals surface area contributed by atoms with Gasteiger partial charge in [-0.05, 0) is 17.7 Å². The highest BCUT2D eigenvalue weighted by molar-refractivity contribution is 5.97. The average molecular weight is 428 g/mol. The number of halogens is 4. The van der Waals surface area contributed by atoms with E-state index in [4.69, 9.17) is 5.73 Å². The predicted molar refractivity (Wildman–Crippen MR) is 105 cm³/mol. The van der Waals surface area contributed by atoms with Gasteiger partial charge in [0.2, 0.25) is 5.91 Å². The van der Waals surface area contributed by atoms with Gasteiger partial charge in [-0.2, -0.15) is 13.2 Å². The molecule has 0 unspecified atom stereocenters. The first-order valence-corrected chi connectivity index (χ1v) is 8.80. The lowest BCUT2D eigenvalue weighted by Crippen LogP contribution is -2.40. The maximum absolute atomic E-state index is 13.0. The van der Waals surface area contributed by atoms with Crippen LogP contribution in [0.4, 0.5) is 13.2 Å². The lowest BCUT2D eigenvalue weighted by Gasteiger charge is -2.17. The highest BCUT2D eigenvalue weighted by Gasteiger charge is 2.36. The molecule has 0 radical (unpaired) electrons. The maximum atomic E-state index is 13.0. The van der Waals surface area contributed by atoms with E-state index in [-0.39, 0.29) is 36.8 Å². The lowest BCUT2D eigenvalue weighted by atomic mass is 9.95. The van der Waals surface area contributed by atoms with Crippen LogP contribution in [0.1, 0.15) is 27.4 Å². The van der Waals surface area contributed by atoms with Crippen molar-refractivity contribution in [2.45, 2.75) is 18.1 Å². The Morgan fingerprint density at radius 3 is 2.31 bits per heavy atom. The van der Waals surface area contributed by atoms with Crippen LogP contribution in [0, 0.1) is 0 Å². The van der Waals surface area contributed by atoms with Crippen molar-refractivity contribution in [3.05, 3.63) is 71.3 Å². The zero-order valence-corrected chi connectivity index (χ0v) is 16.2. The quantitative estimate of drug-likeness (QED) is 0.787. The van der Waals surface area contributed by atoms with Crippen molar-refractivity contribution in [2.24, 2.45) is 5.73 Å². The summed E-state index contributed by atoms with van der Waals surface area (Å²) < 4.78 is 39.1. The summed E-state index contributed by atoms with van der Waals surface area (Å²) in [6.07, 6.45) is -4.65. The first kappa shape index (κ1) is 22.7. The molecule has 2 atom stereocenters. The Balaban J connectivity index is 0.00000300. The average Bonchev–Trinajstić information content (AvgIpc) is 3.07. The smallest absolute Gasteiger partial charge is 0.343 e. The molecule has 2 amide bonds. The summed E-state index contributed by atoms with van der Waals surface area (Å²) in [5.74, 6) is -1.34. The Labute approximate surface area is 172 Å². The van der Waals surface area contributed by atoms with Crippen molar-refractivity contribution >= 4 is 24.2 Å². The van der Waals surface area contributed by atoms with Crippen LogP contribution >= 0.6 is 12.4 Å².